The lowest BCUT2D eigenvalue weighted by Gasteiger charge is -2.09. The summed E-state index contributed by atoms with van der Waals surface area (Å²) in [5.74, 6) is -0.590. The second kappa shape index (κ2) is 8.49. The van der Waals surface area contributed by atoms with Gasteiger partial charge in [-0.2, -0.15) is 0 Å². The van der Waals surface area contributed by atoms with Crippen LogP contribution in [0.4, 0.5) is 17.1 Å². The Hall–Kier alpha value is -3.35. The van der Waals surface area contributed by atoms with E-state index in [4.69, 9.17) is 0 Å². The average molecular weight is 340 g/mol. The largest absolute Gasteiger partial charge is 0.376 e. The molecule has 130 valence electrons. The number of hydrogen-bond donors (Lipinski definition) is 4. The third kappa shape index (κ3) is 5.65. The summed E-state index contributed by atoms with van der Waals surface area (Å²) < 4.78 is 0. The fourth-order valence-corrected chi connectivity index (χ4v) is 2.14. The number of benzene rings is 2. The number of rotatable bonds is 6. The van der Waals surface area contributed by atoms with Gasteiger partial charge in [-0.3, -0.25) is 14.4 Å². The zero-order valence-electron chi connectivity index (χ0n) is 14.1. The Morgan fingerprint density at radius 3 is 2.20 bits per heavy atom. The molecule has 0 unspecified atom stereocenters. The highest BCUT2D eigenvalue weighted by molar-refractivity contribution is 5.98. The summed E-state index contributed by atoms with van der Waals surface area (Å²) in [5.41, 5.74) is 2.47. The van der Waals surface area contributed by atoms with Crippen LogP contribution in [0.2, 0.25) is 0 Å². The first-order chi connectivity index (χ1) is 12.0. The van der Waals surface area contributed by atoms with Crippen molar-refractivity contribution < 1.29 is 14.4 Å². The van der Waals surface area contributed by atoms with Gasteiger partial charge in [0.1, 0.15) is 0 Å². The number of hydrogen-bond acceptors (Lipinski definition) is 4. The molecule has 7 heteroatoms. The van der Waals surface area contributed by atoms with Gasteiger partial charge in [0.2, 0.25) is 11.8 Å². The first-order valence-electron chi connectivity index (χ1n) is 7.71. The molecule has 2 rings (SSSR count). The minimum absolute atomic E-state index is 0.0731. The first kappa shape index (κ1) is 18.0. The van der Waals surface area contributed by atoms with E-state index in [9.17, 15) is 14.4 Å². The van der Waals surface area contributed by atoms with Crippen LogP contribution in [-0.4, -0.2) is 31.3 Å². The second-order valence-electron chi connectivity index (χ2n) is 5.32. The van der Waals surface area contributed by atoms with E-state index in [1.54, 1.807) is 55.6 Å². The molecule has 0 aliphatic carbocycles. The van der Waals surface area contributed by atoms with Gasteiger partial charge in [0.05, 0.1) is 6.54 Å². The molecule has 4 N–H and O–H groups in total. The van der Waals surface area contributed by atoms with Crippen LogP contribution >= 0.6 is 0 Å². The Morgan fingerprint density at radius 2 is 1.56 bits per heavy atom. The molecule has 2 aromatic rings. The van der Waals surface area contributed by atoms with Crippen LogP contribution < -0.4 is 21.3 Å². The van der Waals surface area contributed by atoms with E-state index in [1.165, 1.54) is 6.92 Å². The van der Waals surface area contributed by atoms with Crippen LogP contribution in [-0.2, 0) is 9.59 Å². The van der Waals surface area contributed by atoms with Crippen molar-refractivity contribution >= 4 is 34.8 Å². The summed E-state index contributed by atoms with van der Waals surface area (Å²) in [6.07, 6.45) is 0. The van der Waals surface area contributed by atoms with Gasteiger partial charge in [0, 0.05) is 36.6 Å². The van der Waals surface area contributed by atoms with Crippen molar-refractivity contribution in [3.8, 4) is 0 Å². The van der Waals surface area contributed by atoms with Crippen molar-refractivity contribution in [3.63, 3.8) is 0 Å². The molecule has 0 atom stereocenters. The van der Waals surface area contributed by atoms with Crippen LogP contribution in [0, 0.1) is 0 Å². The highest BCUT2D eigenvalue weighted by Gasteiger charge is 2.06. The smallest absolute Gasteiger partial charge is 0.251 e. The van der Waals surface area contributed by atoms with Gasteiger partial charge in [-0.25, -0.2) is 0 Å². The van der Waals surface area contributed by atoms with Crippen molar-refractivity contribution in [2.24, 2.45) is 0 Å². The molecule has 25 heavy (non-hydrogen) atoms. The predicted molar refractivity (Wildman–Crippen MR) is 97.7 cm³/mol. The van der Waals surface area contributed by atoms with Crippen LogP contribution in [0.5, 0.6) is 0 Å². The molecule has 2 aromatic carbocycles. The summed E-state index contributed by atoms with van der Waals surface area (Å²) >= 11 is 0. The van der Waals surface area contributed by atoms with Crippen LogP contribution in [0.1, 0.15) is 17.3 Å². The molecular formula is C18H20N4O3. The minimum Gasteiger partial charge on any atom is -0.376 e. The van der Waals surface area contributed by atoms with Gasteiger partial charge < -0.3 is 21.3 Å². The Kier molecular flexibility index (Phi) is 6.11. The topological polar surface area (TPSA) is 99.3 Å². The van der Waals surface area contributed by atoms with E-state index in [1.807, 2.05) is 0 Å². The van der Waals surface area contributed by atoms with Crippen LogP contribution in [0.3, 0.4) is 0 Å². The number of carbonyl (C=O) groups is 3. The summed E-state index contributed by atoms with van der Waals surface area (Å²) in [6.45, 7) is 1.51. The Labute approximate surface area is 145 Å². The van der Waals surface area contributed by atoms with Gasteiger partial charge in [-0.15, -0.1) is 0 Å². The van der Waals surface area contributed by atoms with E-state index in [-0.39, 0.29) is 24.3 Å². The maximum Gasteiger partial charge on any atom is 0.251 e. The van der Waals surface area contributed by atoms with Gasteiger partial charge in [-0.05, 0) is 42.5 Å². The Bertz CT molecular complexity index is 772. The van der Waals surface area contributed by atoms with E-state index in [0.717, 1.165) is 5.69 Å². The number of anilines is 3. The van der Waals surface area contributed by atoms with Crippen molar-refractivity contribution in [2.45, 2.75) is 6.92 Å². The molecule has 0 spiro atoms. The van der Waals surface area contributed by atoms with Crippen molar-refractivity contribution in [3.05, 3.63) is 54.1 Å². The average Bonchev–Trinajstić information content (AvgIpc) is 2.60. The van der Waals surface area contributed by atoms with Crippen molar-refractivity contribution in [1.82, 2.24) is 5.32 Å². The highest BCUT2D eigenvalue weighted by atomic mass is 16.2. The lowest BCUT2D eigenvalue weighted by Crippen LogP contribution is -2.22. The molecule has 0 aromatic heterocycles. The Morgan fingerprint density at radius 1 is 0.880 bits per heavy atom. The van der Waals surface area contributed by atoms with Crippen molar-refractivity contribution in [1.29, 1.82) is 0 Å². The molecule has 0 saturated carbocycles. The summed E-state index contributed by atoms with van der Waals surface area (Å²) in [7, 11) is 1.55. The van der Waals surface area contributed by atoms with Gasteiger partial charge in [-0.1, -0.05) is 6.07 Å². The summed E-state index contributed by atoms with van der Waals surface area (Å²) in [5, 5.41) is 10.9. The number of nitrogens with one attached hydrogen (secondary N) is 4. The van der Waals surface area contributed by atoms with Crippen LogP contribution in [0.25, 0.3) is 0 Å². The fraction of sp³-hybridized carbons (Fsp3) is 0.167. The lowest BCUT2D eigenvalue weighted by molar-refractivity contribution is -0.115. The third-order valence-corrected chi connectivity index (χ3v) is 3.29. The minimum atomic E-state index is -0.236. The quantitative estimate of drug-likeness (QED) is 0.647. The molecule has 0 saturated heterocycles. The monoisotopic (exact) mass is 340 g/mol. The molecule has 0 aliphatic rings. The molecule has 0 radical (unpaired) electrons. The molecule has 0 fully saturated rings. The summed E-state index contributed by atoms with van der Waals surface area (Å²) in [6, 6.07) is 13.7. The maximum absolute atomic E-state index is 12.0. The van der Waals surface area contributed by atoms with E-state index in [0.29, 0.717) is 16.9 Å². The van der Waals surface area contributed by atoms with Crippen LogP contribution in [0.15, 0.2) is 48.5 Å². The molecular weight excluding hydrogens is 320 g/mol. The Balaban J connectivity index is 1.88. The lowest BCUT2D eigenvalue weighted by atomic mass is 10.2. The van der Waals surface area contributed by atoms with Gasteiger partial charge in [0.25, 0.3) is 5.91 Å². The standard InChI is InChI=1S/C18H20N4O3/c1-12(23)21-15-8-6-14(7-9-15)20-11-17(24)22-16-5-3-4-13(10-16)18(25)19-2/h3-10,20H,11H2,1-2H3,(H,19,25)(H,21,23)(H,22,24). The maximum atomic E-state index is 12.0. The van der Waals surface area contributed by atoms with E-state index >= 15 is 0 Å². The normalized spacial score (nSPS) is 9.84. The number of amides is 3. The van der Waals surface area contributed by atoms with Gasteiger partial charge in [0.15, 0.2) is 0 Å². The molecule has 0 aliphatic heterocycles. The number of carbonyl (C=O) groups excluding carboxylic acids is 3. The SMILES string of the molecule is CNC(=O)c1cccc(NC(=O)CNc2ccc(NC(C)=O)cc2)c1. The van der Waals surface area contributed by atoms with Crippen molar-refractivity contribution in [2.75, 3.05) is 29.5 Å². The zero-order valence-corrected chi connectivity index (χ0v) is 14.1. The second-order valence-corrected chi connectivity index (χ2v) is 5.32. The van der Waals surface area contributed by atoms with E-state index < -0.39 is 0 Å². The fourth-order valence-electron chi connectivity index (χ4n) is 2.14. The third-order valence-electron chi connectivity index (χ3n) is 3.29. The predicted octanol–water partition coefficient (Wildman–Crippen LogP) is 2.06. The highest BCUT2D eigenvalue weighted by Crippen LogP contribution is 2.14. The first-order valence-corrected chi connectivity index (χ1v) is 7.71. The molecule has 0 heterocycles. The van der Waals surface area contributed by atoms with E-state index in [2.05, 4.69) is 21.3 Å². The molecule has 0 bridgehead atoms. The molecule has 3 amide bonds. The summed E-state index contributed by atoms with van der Waals surface area (Å²) in [4.78, 5) is 34.6. The van der Waals surface area contributed by atoms with Gasteiger partial charge >= 0.3 is 0 Å². The zero-order chi connectivity index (χ0) is 18.2. The molecule has 7 nitrogen and oxygen atoms in total.